The molecule has 0 bridgehead atoms. The summed E-state index contributed by atoms with van der Waals surface area (Å²) >= 11 is 0. The monoisotopic (exact) mass is 404 g/mol. The van der Waals surface area contributed by atoms with Crippen LogP contribution < -0.4 is 10.2 Å². The molecule has 0 radical (unpaired) electrons. The normalized spacial score (nSPS) is 15.6. The van der Waals surface area contributed by atoms with E-state index in [-0.39, 0.29) is 17.2 Å². The van der Waals surface area contributed by atoms with Crippen molar-refractivity contribution in [1.82, 2.24) is 5.32 Å². The number of barbiturate groups is 1. The smallest absolute Gasteiger partial charge is 0.335 e. The summed E-state index contributed by atoms with van der Waals surface area (Å²) in [4.78, 5) is 38.7. The van der Waals surface area contributed by atoms with Crippen LogP contribution in [0.15, 0.2) is 70.7 Å². The Labute approximate surface area is 171 Å². The highest BCUT2D eigenvalue weighted by atomic mass is 19.1. The molecule has 0 atom stereocenters. The summed E-state index contributed by atoms with van der Waals surface area (Å²) in [7, 11) is 0. The summed E-state index contributed by atoms with van der Waals surface area (Å²) < 4.78 is 18.8. The van der Waals surface area contributed by atoms with Crippen LogP contribution in [0.3, 0.4) is 0 Å². The minimum atomic E-state index is -0.797. The van der Waals surface area contributed by atoms with Gasteiger partial charge in [0.1, 0.15) is 22.9 Å². The van der Waals surface area contributed by atoms with Crippen molar-refractivity contribution in [2.75, 3.05) is 4.90 Å². The number of imide groups is 2. The van der Waals surface area contributed by atoms with Crippen LogP contribution in [0.2, 0.25) is 0 Å². The molecule has 7 heteroatoms. The van der Waals surface area contributed by atoms with Gasteiger partial charge in [-0.25, -0.2) is 14.1 Å². The fourth-order valence-corrected chi connectivity index (χ4v) is 3.25. The fraction of sp³-hybridized carbons (Fsp3) is 0.0870. The predicted octanol–water partition coefficient (Wildman–Crippen LogP) is 4.31. The number of urea groups is 1. The van der Waals surface area contributed by atoms with E-state index in [0.29, 0.717) is 23.4 Å². The number of nitrogens with one attached hydrogen (secondary N) is 1. The van der Waals surface area contributed by atoms with Gasteiger partial charge in [0.2, 0.25) is 0 Å². The maximum Gasteiger partial charge on any atom is 0.335 e. The average molecular weight is 404 g/mol. The van der Waals surface area contributed by atoms with Gasteiger partial charge >= 0.3 is 6.03 Å². The predicted molar refractivity (Wildman–Crippen MR) is 109 cm³/mol. The lowest BCUT2D eigenvalue weighted by atomic mass is 10.1. The third-order valence-corrected chi connectivity index (χ3v) is 4.76. The largest absolute Gasteiger partial charge is 0.457 e. The first-order valence-electron chi connectivity index (χ1n) is 9.33. The van der Waals surface area contributed by atoms with E-state index in [0.717, 1.165) is 10.5 Å². The fourth-order valence-electron chi connectivity index (χ4n) is 3.25. The number of aryl methyl sites for hydroxylation is 1. The summed E-state index contributed by atoms with van der Waals surface area (Å²) in [6.07, 6.45) is 1.90. The Morgan fingerprint density at radius 1 is 1.00 bits per heavy atom. The van der Waals surface area contributed by atoms with E-state index in [9.17, 15) is 18.8 Å². The van der Waals surface area contributed by atoms with Crippen molar-refractivity contribution in [3.63, 3.8) is 0 Å². The van der Waals surface area contributed by atoms with Crippen molar-refractivity contribution >= 4 is 29.6 Å². The molecule has 0 spiro atoms. The summed E-state index contributed by atoms with van der Waals surface area (Å²) in [5.41, 5.74) is 1.65. The lowest BCUT2D eigenvalue weighted by Gasteiger charge is -2.27. The molecule has 3 aromatic rings. The molecule has 1 aromatic heterocycles. The Kier molecular flexibility index (Phi) is 5.02. The lowest BCUT2D eigenvalue weighted by molar-refractivity contribution is -0.122. The van der Waals surface area contributed by atoms with E-state index in [2.05, 4.69) is 5.32 Å². The molecule has 0 unspecified atom stereocenters. The van der Waals surface area contributed by atoms with Crippen LogP contribution in [0.1, 0.15) is 18.2 Å². The third kappa shape index (κ3) is 3.53. The molecular formula is C23H17FN2O4. The first-order chi connectivity index (χ1) is 14.5. The number of anilines is 1. The van der Waals surface area contributed by atoms with Gasteiger partial charge in [-0.1, -0.05) is 25.1 Å². The molecule has 1 N–H and O–H groups in total. The second-order valence-electron chi connectivity index (χ2n) is 6.65. The maximum absolute atomic E-state index is 13.1. The zero-order chi connectivity index (χ0) is 21.3. The van der Waals surface area contributed by atoms with Gasteiger partial charge in [0.25, 0.3) is 11.8 Å². The van der Waals surface area contributed by atoms with Crippen LogP contribution in [0.25, 0.3) is 17.4 Å². The first-order valence-corrected chi connectivity index (χ1v) is 9.33. The van der Waals surface area contributed by atoms with Gasteiger partial charge in [-0.15, -0.1) is 0 Å². The highest BCUT2D eigenvalue weighted by molar-refractivity contribution is 6.39. The summed E-state index contributed by atoms with van der Waals surface area (Å²) in [5.74, 6) is -1.19. The van der Waals surface area contributed by atoms with Gasteiger partial charge in [-0.3, -0.25) is 14.9 Å². The number of furan rings is 1. The molecule has 1 aliphatic rings. The van der Waals surface area contributed by atoms with Crippen molar-refractivity contribution in [2.24, 2.45) is 0 Å². The Balaban J connectivity index is 1.69. The van der Waals surface area contributed by atoms with Gasteiger partial charge in [-0.05, 0) is 60.5 Å². The number of halogens is 1. The molecule has 6 nitrogen and oxygen atoms in total. The van der Waals surface area contributed by atoms with Crippen molar-refractivity contribution < 1.29 is 23.2 Å². The summed E-state index contributed by atoms with van der Waals surface area (Å²) in [6.45, 7) is 1.91. The first kappa shape index (κ1) is 19.3. The van der Waals surface area contributed by atoms with E-state index in [1.165, 1.54) is 18.2 Å². The van der Waals surface area contributed by atoms with Gasteiger partial charge in [-0.2, -0.15) is 0 Å². The molecule has 0 aliphatic carbocycles. The van der Waals surface area contributed by atoms with E-state index in [4.69, 9.17) is 4.42 Å². The van der Waals surface area contributed by atoms with Crippen LogP contribution in [-0.4, -0.2) is 17.8 Å². The molecule has 150 valence electrons. The number of carbonyl (C=O) groups excluding carboxylic acids is 3. The summed E-state index contributed by atoms with van der Waals surface area (Å²) in [5, 5.41) is 2.20. The zero-order valence-corrected chi connectivity index (χ0v) is 16.0. The van der Waals surface area contributed by atoms with Crippen LogP contribution >= 0.6 is 0 Å². The number of amides is 4. The van der Waals surface area contributed by atoms with Crippen LogP contribution in [0.4, 0.5) is 14.9 Å². The van der Waals surface area contributed by atoms with E-state index >= 15 is 0 Å². The minimum absolute atomic E-state index is 0.222. The molecule has 4 rings (SSSR count). The van der Waals surface area contributed by atoms with Crippen LogP contribution in [0, 0.1) is 5.82 Å². The van der Waals surface area contributed by atoms with Crippen molar-refractivity contribution in [3.05, 3.63) is 83.4 Å². The summed E-state index contributed by atoms with van der Waals surface area (Å²) in [6, 6.07) is 15.2. The van der Waals surface area contributed by atoms with E-state index < -0.39 is 17.8 Å². The SMILES string of the molecule is CCc1ccccc1N1C(=O)NC(=O)/C(=C/c2ccc(-c3ccc(F)cc3)o2)C1=O. The Morgan fingerprint density at radius 3 is 2.47 bits per heavy atom. The second-order valence-corrected chi connectivity index (χ2v) is 6.65. The van der Waals surface area contributed by atoms with Gasteiger partial charge in [0, 0.05) is 5.56 Å². The van der Waals surface area contributed by atoms with Crippen LogP contribution in [-0.2, 0) is 16.0 Å². The molecular weight excluding hydrogens is 387 g/mol. The highest BCUT2D eigenvalue weighted by Crippen LogP contribution is 2.27. The quantitative estimate of drug-likeness (QED) is 0.519. The molecule has 4 amide bonds. The molecule has 0 saturated carbocycles. The average Bonchev–Trinajstić information content (AvgIpc) is 3.20. The molecule has 2 heterocycles. The zero-order valence-electron chi connectivity index (χ0n) is 16.0. The Morgan fingerprint density at radius 2 is 1.73 bits per heavy atom. The number of hydrogen-bond donors (Lipinski definition) is 1. The molecule has 1 saturated heterocycles. The van der Waals surface area contributed by atoms with Crippen molar-refractivity contribution in [1.29, 1.82) is 0 Å². The Bertz CT molecular complexity index is 1180. The molecule has 2 aromatic carbocycles. The van der Waals surface area contributed by atoms with E-state index in [1.807, 2.05) is 19.1 Å². The van der Waals surface area contributed by atoms with Gasteiger partial charge in [0.05, 0.1) is 5.69 Å². The van der Waals surface area contributed by atoms with E-state index in [1.54, 1.807) is 36.4 Å². The highest BCUT2D eigenvalue weighted by Gasteiger charge is 2.37. The van der Waals surface area contributed by atoms with Crippen molar-refractivity contribution in [3.8, 4) is 11.3 Å². The second kappa shape index (κ2) is 7.79. The third-order valence-electron chi connectivity index (χ3n) is 4.76. The number of nitrogens with zero attached hydrogens (tertiary/aromatic N) is 1. The number of benzene rings is 2. The van der Waals surface area contributed by atoms with Gasteiger partial charge in [0.15, 0.2) is 0 Å². The topological polar surface area (TPSA) is 79.6 Å². The number of hydrogen-bond acceptors (Lipinski definition) is 4. The van der Waals surface area contributed by atoms with Crippen LogP contribution in [0.5, 0.6) is 0 Å². The molecule has 1 fully saturated rings. The lowest BCUT2D eigenvalue weighted by Crippen LogP contribution is -2.54. The number of rotatable bonds is 4. The minimum Gasteiger partial charge on any atom is -0.457 e. The molecule has 1 aliphatic heterocycles. The maximum atomic E-state index is 13.1. The Hall–Kier alpha value is -4.00. The number of para-hydroxylation sites is 1. The van der Waals surface area contributed by atoms with Gasteiger partial charge < -0.3 is 4.42 Å². The van der Waals surface area contributed by atoms with Crippen molar-refractivity contribution in [2.45, 2.75) is 13.3 Å². The number of carbonyl (C=O) groups is 3. The molecule has 30 heavy (non-hydrogen) atoms. The standard InChI is InChI=1S/C23H17FN2O4/c1-2-14-5-3-4-6-19(14)26-22(28)18(21(27)25-23(26)29)13-17-11-12-20(30-17)15-7-9-16(24)10-8-15/h3-13H,2H2,1H3,(H,25,27,29)/b18-13-.